The van der Waals surface area contributed by atoms with Gasteiger partial charge in [-0.3, -0.25) is 9.59 Å². The third kappa shape index (κ3) is 8.86. The van der Waals surface area contributed by atoms with Gasteiger partial charge in [-0.05, 0) is 64.3 Å². The number of piperidine rings is 1. The van der Waals surface area contributed by atoms with Gasteiger partial charge in [0.1, 0.15) is 11.4 Å². The van der Waals surface area contributed by atoms with Gasteiger partial charge in [0.15, 0.2) is 0 Å². The summed E-state index contributed by atoms with van der Waals surface area (Å²) in [4.78, 5) is 38.2. The second kappa shape index (κ2) is 11.6. The summed E-state index contributed by atoms with van der Waals surface area (Å²) < 4.78 is 11.0. The Bertz CT molecular complexity index is 735. The van der Waals surface area contributed by atoms with E-state index in [-0.39, 0.29) is 30.5 Å². The SMILES string of the molecule is CCCCOc1ccc(C(=O)NCC(=O)NC2CCN(C(=O)OC(C)(C)C)CC2)cc1. The van der Waals surface area contributed by atoms with Gasteiger partial charge in [0, 0.05) is 24.7 Å². The fraction of sp³-hybridized carbons (Fsp3) is 0.609. The number of ether oxygens (including phenoxy) is 2. The van der Waals surface area contributed by atoms with Crippen LogP contribution >= 0.6 is 0 Å². The number of carbonyl (C=O) groups is 3. The third-order valence-corrected chi connectivity index (χ3v) is 4.80. The number of nitrogens with zero attached hydrogens (tertiary/aromatic N) is 1. The summed E-state index contributed by atoms with van der Waals surface area (Å²) in [6.45, 7) is 9.21. The van der Waals surface area contributed by atoms with E-state index in [2.05, 4.69) is 17.6 Å². The van der Waals surface area contributed by atoms with Crippen molar-refractivity contribution < 1.29 is 23.9 Å². The van der Waals surface area contributed by atoms with Crippen LogP contribution in [0.4, 0.5) is 4.79 Å². The van der Waals surface area contributed by atoms with E-state index >= 15 is 0 Å². The Morgan fingerprint density at radius 1 is 1.10 bits per heavy atom. The molecule has 1 aliphatic heterocycles. The number of likely N-dealkylation sites (tertiary alicyclic amines) is 1. The first-order chi connectivity index (χ1) is 14.7. The van der Waals surface area contributed by atoms with Crippen molar-refractivity contribution in [3.8, 4) is 5.75 Å². The van der Waals surface area contributed by atoms with Crippen LogP contribution in [0.25, 0.3) is 0 Å². The maximum Gasteiger partial charge on any atom is 0.410 e. The number of benzene rings is 1. The zero-order valence-electron chi connectivity index (χ0n) is 19.0. The minimum Gasteiger partial charge on any atom is -0.494 e. The lowest BCUT2D eigenvalue weighted by Crippen LogP contribution is -2.49. The molecule has 2 N–H and O–H groups in total. The predicted octanol–water partition coefficient (Wildman–Crippen LogP) is 3.11. The summed E-state index contributed by atoms with van der Waals surface area (Å²) >= 11 is 0. The van der Waals surface area contributed by atoms with Gasteiger partial charge < -0.3 is 25.0 Å². The lowest BCUT2D eigenvalue weighted by Gasteiger charge is -2.33. The molecule has 0 bridgehead atoms. The van der Waals surface area contributed by atoms with Gasteiger partial charge in [-0.25, -0.2) is 4.79 Å². The largest absolute Gasteiger partial charge is 0.494 e. The Morgan fingerprint density at radius 2 is 1.74 bits per heavy atom. The number of hydrogen-bond acceptors (Lipinski definition) is 5. The summed E-state index contributed by atoms with van der Waals surface area (Å²) in [5, 5.41) is 5.56. The van der Waals surface area contributed by atoms with E-state index in [1.165, 1.54) is 0 Å². The highest BCUT2D eigenvalue weighted by Gasteiger charge is 2.27. The summed E-state index contributed by atoms with van der Waals surface area (Å²) in [6, 6.07) is 6.84. The normalized spacial score (nSPS) is 14.6. The zero-order chi connectivity index (χ0) is 22.9. The lowest BCUT2D eigenvalue weighted by atomic mass is 10.1. The maximum absolute atomic E-state index is 12.3. The molecule has 1 heterocycles. The molecule has 0 radical (unpaired) electrons. The standard InChI is InChI=1S/C23H35N3O5/c1-5-6-15-30-19-9-7-17(8-10-19)21(28)24-16-20(27)25-18-11-13-26(14-12-18)22(29)31-23(2,3)4/h7-10,18H,5-6,11-16H2,1-4H3,(H,24,28)(H,25,27). The van der Waals surface area contributed by atoms with E-state index in [9.17, 15) is 14.4 Å². The first-order valence-corrected chi connectivity index (χ1v) is 11.0. The third-order valence-electron chi connectivity index (χ3n) is 4.80. The van der Waals surface area contributed by atoms with Crippen LogP contribution in [0.1, 0.15) is 63.7 Å². The Hall–Kier alpha value is -2.77. The molecule has 0 unspecified atom stereocenters. The van der Waals surface area contributed by atoms with Gasteiger partial charge in [0.05, 0.1) is 13.2 Å². The number of nitrogens with one attached hydrogen (secondary N) is 2. The molecular formula is C23H35N3O5. The summed E-state index contributed by atoms with van der Waals surface area (Å²) in [6.07, 6.45) is 3.02. The smallest absolute Gasteiger partial charge is 0.410 e. The Labute approximate surface area is 184 Å². The number of unbranched alkanes of at least 4 members (excludes halogenated alkanes) is 1. The van der Waals surface area contributed by atoms with Crippen LogP contribution < -0.4 is 15.4 Å². The molecule has 1 saturated heterocycles. The van der Waals surface area contributed by atoms with E-state index in [0.717, 1.165) is 18.6 Å². The number of amides is 3. The molecular weight excluding hydrogens is 398 g/mol. The van der Waals surface area contributed by atoms with Gasteiger partial charge >= 0.3 is 6.09 Å². The molecule has 3 amide bonds. The molecule has 1 fully saturated rings. The molecule has 172 valence electrons. The van der Waals surface area contributed by atoms with Crippen LogP contribution in [0.15, 0.2) is 24.3 Å². The van der Waals surface area contributed by atoms with Gasteiger partial charge in [-0.1, -0.05) is 13.3 Å². The number of carbonyl (C=O) groups excluding carboxylic acids is 3. The monoisotopic (exact) mass is 433 g/mol. The number of hydrogen-bond donors (Lipinski definition) is 2. The first kappa shape index (κ1) is 24.5. The molecule has 0 atom stereocenters. The van der Waals surface area contributed by atoms with E-state index in [1.54, 1.807) is 29.2 Å². The molecule has 0 aliphatic carbocycles. The topological polar surface area (TPSA) is 97.0 Å². The number of rotatable bonds is 8. The molecule has 1 aromatic carbocycles. The van der Waals surface area contributed by atoms with Gasteiger partial charge in [0.25, 0.3) is 5.91 Å². The lowest BCUT2D eigenvalue weighted by molar-refractivity contribution is -0.121. The van der Waals surface area contributed by atoms with Gasteiger partial charge in [-0.15, -0.1) is 0 Å². The summed E-state index contributed by atoms with van der Waals surface area (Å²) in [5.41, 5.74) is -0.0516. The van der Waals surface area contributed by atoms with E-state index in [1.807, 2.05) is 20.8 Å². The molecule has 31 heavy (non-hydrogen) atoms. The molecule has 1 aromatic rings. The average molecular weight is 434 g/mol. The van der Waals surface area contributed by atoms with E-state index < -0.39 is 5.60 Å². The van der Waals surface area contributed by atoms with Gasteiger partial charge in [-0.2, -0.15) is 0 Å². The zero-order valence-corrected chi connectivity index (χ0v) is 19.0. The van der Waals surface area contributed by atoms with Crippen LogP contribution in [-0.4, -0.2) is 60.7 Å². The van der Waals surface area contributed by atoms with E-state index in [0.29, 0.717) is 38.1 Å². The van der Waals surface area contributed by atoms with Crippen molar-refractivity contribution in [2.45, 2.75) is 65.0 Å². The Morgan fingerprint density at radius 3 is 2.32 bits per heavy atom. The van der Waals surface area contributed by atoms with Crippen molar-refractivity contribution in [3.63, 3.8) is 0 Å². The van der Waals surface area contributed by atoms with Crippen molar-refractivity contribution in [1.29, 1.82) is 0 Å². The van der Waals surface area contributed by atoms with Crippen molar-refractivity contribution in [2.75, 3.05) is 26.2 Å². The Kier molecular flexibility index (Phi) is 9.15. The van der Waals surface area contributed by atoms with Crippen molar-refractivity contribution >= 4 is 17.9 Å². The second-order valence-electron chi connectivity index (χ2n) is 8.72. The van der Waals surface area contributed by atoms with Crippen LogP contribution in [0.2, 0.25) is 0 Å². The van der Waals surface area contributed by atoms with Crippen LogP contribution in [0.3, 0.4) is 0 Å². The molecule has 0 spiro atoms. The molecule has 8 heteroatoms. The first-order valence-electron chi connectivity index (χ1n) is 11.0. The van der Waals surface area contributed by atoms with Crippen molar-refractivity contribution in [2.24, 2.45) is 0 Å². The minimum absolute atomic E-state index is 0.0253. The average Bonchev–Trinajstić information content (AvgIpc) is 2.72. The molecule has 8 nitrogen and oxygen atoms in total. The van der Waals surface area contributed by atoms with Crippen molar-refractivity contribution in [3.05, 3.63) is 29.8 Å². The van der Waals surface area contributed by atoms with Crippen molar-refractivity contribution in [1.82, 2.24) is 15.5 Å². The quantitative estimate of drug-likeness (QED) is 0.614. The van der Waals surface area contributed by atoms with E-state index in [4.69, 9.17) is 9.47 Å². The van der Waals surface area contributed by atoms with Gasteiger partial charge in [0.2, 0.25) is 5.91 Å². The fourth-order valence-corrected chi connectivity index (χ4v) is 3.11. The molecule has 2 rings (SSSR count). The fourth-order valence-electron chi connectivity index (χ4n) is 3.11. The molecule has 0 aromatic heterocycles. The van der Waals surface area contributed by atoms with Crippen LogP contribution in [0, 0.1) is 0 Å². The summed E-state index contributed by atoms with van der Waals surface area (Å²) in [7, 11) is 0. The summed E-state index contributed by atoms with van der Waals surface area (Å²) in [5.74, 6) is 0.166. The predicted molar refractivity (Wildman–Crippen MR) is 118 cm³/mol. The highest BCUT2D eigenvalue weighted by atomic mass is 16.6. The van der Waals surface area contributed by atoms with Crippen LogP contribution in [0.5, 0.6) is 5.75 Å². The maximum atomic E-state index is 12.3. The minimum atomic E-state index is -0.525. The highest BCUT2D eigenvalue weighted by Crippen LogP contribution is 2.16. The molecule has 1 aliphatic rings. The second-order valence-corrected chi connectivity index (χ2v) is 8.72. The highest BCUT2D eigenvalue weighted by molar-refractivity contribution is 5.96. The Balaban J connectivity index is 1.69. The molecule has 0 saturated carbocycles. The van der Waals surface area contributed by atoms with Crippen LogP contribution in [-0.2, 0) is 9.53 Å².